The van der Waals surface area contributed by atoms with Crippen LogP contribution in [0.4, 0.5) is 32.0 Å². The number of hydrogen-bond acceptors (Lipinski definition) is 2. The van der Waals surface area contributed by atoms with Crippen LogP contribution in [0.1, 0.15) is 17.1 Å². The van der Waals surface area contributed by atoms with E-state index in [2.05, 4.69) is 10.4 Å². The Hall–Kier alpha value is -3.24. The van der Waals surface area contributed by atoms with Gasteiger partial charge in [0, 0.05) is 30.7 Å². The smallest absolute Gasteiger partial charge is 0.354 e. The highest BCUT2D eigenvalue weighted by Crippen LogP contribution is 2.36. The molecule has 0 bridgehead atoms. The minimum Gasteiger partial charge on any atom is -0.354 e. The van der Waals surface area contributed by atoms with Crippen LogP contribution in [-0.2, 0) is 30.6 Å². The van der Waals surface area contributed by atoms with Gasteiger partial charge in [-0.3, -0.25) is 4.79 Å². The number of alkyl halides is 6. The van der Waals surface area contributed by atoms with Crippen LogP contribution in [0.2, 0.25) is 0 Å². The Morgan fingerprint density at radius 3 is 2.21 bits per heavy atom. The van der Waals surface area contributed by atoms with Gasteiger partial charge in [0.25, 0.3) is 0 Å². The van der Waals surface area contributed by atoms with Crippen LogP contribution in [0, 0.1) is 0 Å². The van der Waals surface area contributed by atoms with Crippen molar-refractivity contribution in [2.45, 2.75) is 18.8 Å². The summed E-state index contributed by atoms with van der Waals surface area (Å²) in [5.74, 6) is -0.353. The maximum Gasteiger partial charge on any atom is 0.435 e. The van der Waals surface area contributed by atoms with Gasteiger partial charge >= 0.3 is 12.4 Å². The van der Waals surface area contributed by atoms with E-state index in [0.717, 1.165) is 17.8 Å². The maximum absolute atomic E-state index is 13.1. The second kappa shape index (κ2) is 7.30. The number of nitrogens with zero attached hydrogens (tertiary/aromatic N) is 3. The summed E-state index contributed by atoms with van der Waals surface area (Å²) in [6.07, 6.45) is -8.19. The van der Waals surface area contributed by atoms with Crippen molar-refractivity contribution >= 4 is 11.6 Å². The molecule has 1 N–H and O–H groups in total. The molecule has 0 aliphatic rings. The molecule has 0 radical (unpaired) electrons. The molecule has 154 valence electrons. The number of carbonyl (C=O) groups is 1. The van der Waals surface area contributed by atoms with Crippen LogP contribution in [0.15, 0.2) is 48.7 Å². The molecule has 0 atom stereocenters. The number of nitrogens with one attached hydrogen (secondary N) is 1. The summed E-state index contributed by atoms with van der Waals surface area (Å²) < 4.78 is 79.6. The van der Waals surface area contributed by atoms with Gasteiger partial charge in [-0.1, -0.05) is 0 Å². The average molecular weight is 416 g/mol. The zero-order chi connectivity index (χ0) is 21.4. The molecule has 3 aromatic rings. The van der Waals surface area contributed by atoms with Gasteiger partial charge in [-0.25, -0.2) is 4.68 Å². The number of halogens is 6. The Morgan fingerprint density at radius 1 is 1.03 bits per heavy atom. The lowest BCUT2D eigenvalue weighted by molar-refractivity contribution is -0.143. The van der Waals surface area contributed by atoms with Crippen molar-refractivity contribution in [1.82, 2.24) is 14.3 Å². The first kappa shape index (κ1) is 20.5. The Morgan fingerprint density at radius 2 is 1.69 bits per heavy atom. The Balaban J connectivity index is 1.82. The van der Waals surface area contributed by atoms with Crippen molar-refractivity contribution in [3.63, 3.8) is 0 Å². The summed E-state index contributed by atoms with van der Waals surface area (Å²) in [4.78, 5) is 12.1. The van der Waals surface area contributed by atoms with Crippen molar-refractivity contribution in [3.05, 3.63) is 65.7 Å². The van der Waals surface area contributed by atoms with Crippen LogP contribution in [-0.4, -0.2) is 20.3 Å². The zero-order valence-corrected chi connectivity index (χ0v) is 14.8. The summed E-state index contributed by atoms with van der Waals surface area (Å²) in [5, 5.41) is 5.63. The summed E-state index contributed by atoms with van der Waals surface area (Å²) in [6.45, 7) is 0. The van der Waals surface area contributed by atoms with Gasteiger partial charge in [-0.15, -0.1) is 0 Å². The number of aromatic nitrogens is 3. The molecule has 2 aromatic heterocycles. The highest BCUT2D eigenvalue weighted by molar-refractivity contribution is 5.92. The fourth-order valence-corrected chi connectivity index (χ4v) is 2.65. The molecule has 0 saturated heterocycles. The Labute approximate surface area is 160 Å². The third-order valence-corrected chi connectivity index (χ3v) is 4.08. The topological polar surface area (TPSA) is 51.9 Å². The van der Waals surface area contributed by atoms with Crippen molar-refractivity contribution < 1.29 is 31.1 Å². The standard InChI is InChI=1S/C18H14F6N4O/c1-27-8-2-3-13(27)9-16(29)25-11-4-6-12(7-5-11)28-15(18(22,23)24)10-14(26-28)17(19,20)21/h2-8,10H,9H2,1H3,(H,25,29). The van der Waals surface area contributed by atoms with E-state index in [4.69, 9.17) is 0 Å². The SMILES string of the molecule is Cn1cccc1CC(=O)Nc1ccc(-n2nc(C(F)(F)F)cc2C(F)(F)F)cc1. The molecule has 0 spiro atoms. The minimum absolute atomic E-state index is 0.0461. The quantitative estimate of drug-likeness (QED) is 0.640. The molecule has 5 nitrogen and oxygen atoms in total. The van der Waals surface area contributed by atoms with Gasteiger partial charge in [0.1, 0.15) is 5.69 Å². The monoisotopic (exact) mass is 416 g/mol. The number of benzene rings is 1. The van der Waals surface area contributed by atoms with Crippen molar-refractivity contribution in [2.24, 2.45) is 7.05 Å². The van der Waals surface area contributed by atoms with E-state index in [0.29, 0.717) is 0 Å². The van der Waals surface area contributed by atoms with Crippen molar-refractivity contribution in [2.75, 3.05) is 5.32 Å². The van der Waals surface area contributed by atoms with Gasteiger partial charge in [-0.2, -0.15) is 31.4 Å². The van der Waals surface area contributed by atoms with E-state index in [1.807, 2.05) is 0 Å². The lowest BCUT2D eigenvalue weighted by Gasteiger charge is -2.11. The van der Waals surface area contributed by atoms with Crippen molar-refractivity contribution in [1.29, 1.82) is 0 Å². The molecule has 0 aliphatic carbocycles. The number of amides is 1. The van der Waals surface area contributed by atoms with Gasteiger partial charge in [-0.05, 0) is 36.4 Å². The molecule has 11 heteroatoms. The summed E-state index contributed by atoms with van der Waals surface area (Å²) in [7, 11) is 1.77. The lowest BCUT2D eigenvalue weighted by atomic mass is 10.2. The predicted octanol–water partition coefficient (Wildman–Crippen LogP) is 4.43. The molecule has 0 unspecified atom stereocenters. The minimum atomic E-state index is -5.03. The molecule has 3 rings (SSSR count). The number of carbonyl (C=O) groups excluding carboxylic acids is 1. The Kier molecular flexibility index (Phi) is 5.16. The summed E-state index contributed by atoms with van der Waals surface area (Å²) in [6, 6.07) is 8.34. The first-order valence-corrected chi connectivity index (χ1v) is 8.20. The third kappa shape index (κ3) is 4.61. The molecule has 0 saturated carbocycles. The van der Waals surface area contributed by atoms with Crippen LogP contribution in [0.5, 0.6) is 0 Å². The number of anilines is 1. The molecule has 0 fully saturated rings. The first-order chi connectivity index (χ1) is 13.4. The predicted molar refractivity (Wildman–Crippen MR) is 91.3 cm³/mol. The zero-order valence-electron chi connectivity index (χ0n) is 14.8. The van der Waals surface area contributed by atoms with Crippen LogP contribution in [0.3, 0.4) is 0 Å². The average Bonchev–Trinajstić information content (AvgIpc) is 3.22. The molecule has 29 heavy (non-hydrogen) atoms. The number of aryl methyl sites for hydroxylation is 1. The molecule has 1 aromatic carbocycles. The summed E-state index contributed by atoms with van der Waals surface area (Å²) in [5.41, 5.74) is -2.39. The van der Waals surface area contributed by atoms with Crippen LogP contribution >= 0.6 is 0 Å². The molecule has 1 amide bonds. The number of rotatable bonds is 4. The van der Waals surface area contributed by atoms with E-state index in [1.165, 1.54) is 12.1 Å². The second-order valence-electron chi connectivity index (χ2n) is 6.20. The normalized spacial score (nSPS) is 12.2. The van der Waals surface area contributed by atoms with Gasteiger partial charge < -0.3 is 9.88 Å². The maximum atomic E-state index is 13.1. The second-order valence-corrected chi connectivity index (χ2v) is 6.20. The van der Waals surface area contributed by atoms with Crippen LogP contribution < -0.4 is 5.32 Å². The van der Waals surface area contributed by atoms with Gasteiger partial charge in [0.2, 0.25) is 5.91 Å². The first-order valence-electron chi connectivity index (χ1n) is 8.20. The third-order valence-electron chi connectivity index (χ3n) is 4.08. The number of hydrogen-bond donors (Lipinski definition) is 1. The van der Waals surface area contributed by atoms with Gasteiger partial charge in [0.05, 0.1) is 12.1 Å². The van der Waals surface area contributed by atoms with Crippen molar-refractivity contribution in [3.8, 4) is 5.69 Å². The Bertz CT molecular complexity index is 1010. The summed E-state index contributed by atoms with van der Waals surface area (Å²) >= 11 is 0. The molecule has 0 aliphatic heterocycles. The molecule has 2 heterocycles. The van der Waals surface area contributed by atoms with E-state index < -0.39 is 23.7 Å². The van der Waals surface area contributed by atoms with E-state index >= 15 is 0 Å². The molecular formula is C18H14F6N4O. The fraction of sp³-hybridized carbons (Fsp3) is 0.222. The lowest BCUT2D eigenvalue weighted by Crippen LogP contribution is -2.16. The van der Waals surface area contributed by atoms with E-state index in [-0.39, 0.29) is 34.5 Å². The highest BCUT2D eigenvalue weighted by Gasteiger charge is 2.42. The van der Waals surface area contributed by atoms with E-state index in [9.17, 15) is 31.1 Å². The van der Waals surface area contributed by atoms with Gasteiger partial charge in [0.15, 0.2) is 5.69 Å². The van der Waals surface area contributed by atoms with Crippen LogP contribution in [0.25, 0.3) is 5.69 Å². The van der Waals surface area contributed by atoms with E-state index in [1.54, 1.807) is 29.9 Å². The highest BCUT2D eigenvalue weighted by atomic mass is 19.4. The largest absolute Gasteiger partial charge is 0.435 e. The fourth-order valence-electron chi connectivity index (χ4n) is 2.65. The molecular weight excluding hydrogens is 402 g/mol.